The molecule has 2 heterocycles. The van der Waals surface area contributed by atoms with Crippen LogP contribution in [0.15, 0.2) is 23.8 Å². The molecule has 1 aliphatic rings. The minimum Gasteiger partial charge on any atom is -0.481 e. The van der Waals surface area contributed by atoms with Crippen molar-refractivity contribution in [1.82, 2.24) is 9.97 Å². The summed E-state index contributed by atoms with van der Waals surface area (Å²) in [6.45, 7) is 0. The highest BCUT2D eigenvalue weighted by Gasteiger charge is 2.45. The van der Waals surface area contributed by atoms with Crippen LogP contribution in [-0.4, -0.2) is 21.0 Å². The fourth-order valence-electron chi connectivity index (χ4n) is 1.84. The van der Waals surface area contributed by atoms with E-state index in [9.17, 15) is 4.79 Å². The molecule has 0 aromatic carbocycles. The second kappa shape index (κ2) is 3.45. The van der Waals surface area contributed by atoms with E-state index in [4.69, 9.17) is 5.11 Å². The molecule has 0 radical (unpaired) electrons. The minimum absolute atomic E-state index is 0.126. The van der Waals surface area contributed by atoms with Crippen molar-refractivity contribution in [2.45, 2.75) is 12.3 Å². The van der Waals surface area contributed by atoms with Crippen molar-refractivity contribution in [3.8, 4) is 10.6 Å². The van der Waals surface area contributed by atoms with Crippen molar-refractivity contribution < 1.29 is 9.90 Å². The number of nitrogens with one attached hydrogen (secondary N) is 1. The summed E-state index contributed by atoms with van der Waals surface area (Å²) in [5.41, 5.74) is 1.98. The summed E-state index contributed by atoms with van der Waals surface area (Å²) in [7, 11) is 0. The molecular formula is C11H10N2O2S. The average Bonchev–Trinajstić information content (AvgIpc) is 2.72. The zero-order valence-electron chi connectivity index (χ0n) is 8.38. The van der Waals surface area contributed by atoms with E-state index in [0.29, 0.717) is 0 Å². The van der Waals surface area contributed by atoms with E-state index in [1.165, 1.54) is 0 Å². The fraction of sp³-hybridized carbons (Fsp3) is 0.273. The summed E-state index contributed by atoms with van der Waals surface area (Å²) in [6.07, 6.45) is 4.48. The molecule has 2 aromatic rings. The molecule has 2 aromatic heterocycles. The molecule has 4 nitrogen and oxygen atoms in total. The number of carboxylic acids is 1. The highest BCUT2D eigenvalue weighted by molar-refractivity contribution is 7.13. The highest BCUT2D eigenvalue weighted by Crippen LogP contribution is 2.48. The van der Waals surface area contributed by atoms with Gasteiger partial charge >= 0.3 is 5.97 Å². The lowest BCUT2D eigenvalue weighted by Crippen LogP contribution is -1.98. The van der Waals surface area contributed by atoms with E-state index >= 15 is 0 Å². The lowest BCUT2D eigenvalue weighted by molar-refractivity contribution is -0.138. The Bertz CT molecular complexity index is 518. The van der Waals surface area contributed by atoms with Crippen LogP contribution in [0.2, 0.25) is 0 Å². The molecule has 5 heteroatoms. The molecule has 2 N–H and O–H groups in total. The van der Waals surface area contributed by atoms with Gasteiger partial charge in [0.05, 0.1) is 11.6 Å². The Balaban J connectivity index is 1.82. The van der Waals surface area contributed by atoms with Gasteiger partial charge in [0.15, 0.2) is 0 Å². The first-order chi connectivity index (χ1) is 7.75. The largest absolute Gasteiger partial charge is 0.481 e. The molecule has 0 amide bonds. The molecule has 2 unspecified atom stereocenters. The van der Waals surface area contributed by atoms with Crippen molar-refractivity contribution in [2.75, 3.05) is 0 Å². The maximum absolute atomic E-state index is 10.8. The molecular weight excluding hydrogens is 224 g/mol. The van der Waals surface area contributed by atoms with Crippen LogP contribution in [0.25, 0.3) is 10.6 Å². The van der Waals surface area contributed by atoms with E-state index in [1.807, 2.05) is 23.8 Å². The predicted molar refractivity (Wildman–Crippen MR) is 60.4 cm³/mol. The van der Waals surface area contributed by atoms with Gasteiger partial charge in [-0.05, 0) is 12.5 Å². The lowest BCUT2D eigenvalue weighted by atomic mass is 10.2. The third kappa shape index (κ3) is 1.53. The lowest BCUT2D eigenvalue weighted by Gasteiger charge is -1.90. The summed E-state index contributed by atoms with van der Waals surface area (Å²) in [4.78, 5) is 18.2. The summed E-state index contributed by atoms with van der Waals surface area (Å²) >= 11 is 1.57. The van der Waals surface area contributed by atoms with Gasteiger partial charge < -0.3 is 10.1 Å². The Labute approximate surface area is 96.0 Å². The number of aliphatic carboxylic acids is 1. The Morgan fingerprint density at radius 3 is 3.12 bits per heavy atom. The van der Waals surface area contributed by atoms with Crippen LogP contribution >= 0.6 is 11.3 Å². The van der Waals surface area contributed by atoms with Crippen LogP contribution in [0.1, 0.15) is 18.0 Å². The van der Waals surface area contributed by atoms with Crippen molar-refractivity contribution in [1.29, 1.82) is 0 Å². The van der Waals surface area contributed by atoms with Crippen molar-refractivity contribution in [3.05, 3.63) is 29.5 Å². The van der Waals surface area contributed by atoms with Crippen LogP contribution in [0.4, 0.5) is 0 Å². The molecule has 0 saturated heterocycles. The zero-order valence-corrected chi connectivity index (χ0v) is 9.20. The highest BCUT2D eigenvalue weighted by atomic mass is 32.1. The van der Waals surface area contributed by atoms with Gasteiger partial charge in [-0.3, -0.25) is 4.79 Å². The third-order valence-corrected chi connectivity index (χ3v) is 3.76. The standard InChI is InChI=1S/C11H10N2O2S/c14-11(15)8-3-7(8)9-5-16-10(13-9)6-1-2-12-4-6/h1-2,4-5,7-8,12H,3H2,(H,14,15). The van der Waals surface area contributed by atoms with E-state index in [2.05, 4.69) is 9.97 Å². The van der Waals surface area contributed by atoms with Gasteiger partial charge in [0.1, 0.15) is 5.01 Å². The van der Waals surface area contributed by atoms with Crippen LogP contribution in [0.5, 0.6) is 0 Å². The summed E-state index contributed by atoms with van der Waals surface area (Å²) in [5, 5.41) is 11.8. The summed E-state index contributed by atoms with van der Waals surface area (Å²) in [6, 6.07) is 1.96. The van der Waals surface area contributed by atoms with Crippen LogP contribution in [0.3, 0.4) is 0 Å². The molecule has 0 aliphatic heterocycles. The second-order valence-corrected chi connectivity index (χ2v) is 4.82. The summed E-state index contributed by atoms with van der Waals surface area (Å²) in [5.74, 6) is -0.802. The van der Waals surface area contributed by atoms with Crippen LogP contribution < -0.4 is 0 Å². The minimum atomic E-state index is -0.707. The topological polar surface area (TPSA) is 66.0 Å². The number of carbonyl (C=O) groups is 1. The molecule has 82 valence electrons. The van der Waals surface area contributed by atoms with E-state index in [0.717, 1.165) is 22.7 Å². The summed E-state index contributed by atoms with van der Waals surface area (Å²) < 4.78 is 0. The molecule has 0 spiro atoms. The second-order valence-electron chi connectivity index (χ2n) is 3.96. The first kappa shape index (κ1) is 9.59. The fourth-order valence-corrected chi connectivity index (χ4v) is 2.72. The Morgan fingerprint density at radius 1 is 1.62 bits per heavy atom. The monoisotopic (exact) mass is 234 g/mol. The number of rotatable bonds is 3. The van der Waals surface area contributed by atoms with Crippen molar-refractivity contribution in [2.24, 2.45) is 5.92 Å². The molecule has 0 bridgehead atoms. The molecule has 2 atom stereocenters. The molecule has 16 heavy (non-hydrogen) atoms. The normalized spacial score (nSPS) is 23.2. The van der Waals surface area contributed by atoms with Gasteiger partial charge in [-0.25, -0.2) is 4.98 Å². The quantitative estimate of drug-likeness (QED) is 0.856. The number of H-pyrrole nitrogens is 1. The van der Waals surface area contributed by atoms with Gasteiger partial charge in [0.2, 0.25) is 0 Å². The Kier molecular flexibility index (Phi) is 2.07. The number of hydrogen-bond donors (Lipinski definition) is 2. The molecule has 1 fully saturated rings. The van der Waals surface area contributed by atoms with E-state index in [1.54, 1.807) is 11.3 Å². The number of thiazole rings is 1. The number of hydrogen-bond acceptors (Lipinski definition) is 3. The van der Waals surface area contributed by atoms with Crippen molar-refractivity contribution >= 4 is 17.3 Å². The first-order valence-electron chi connectivity index (χ1n) is 5.07. The molecule has 1 saturated carbocycles. The van der Waals surface area contributed by atoms with E-state index in [-0.39, 0.29) is 11.8 Å². The number of carboxylic acid groups (broad SMARTS) is 1. The third-order valence-electron chi connectivity index (χ3n) is 2.85. The predicted octanol–water partition coefficient (Wildman–Crippen LogP) is 2.33. The van der Waals surface area contributed by atoms with Gasteiger partial charge in [-0.1, -0.05) is 0 Å². The number of aromatic nitrogens is 2. The van der Waals surface area contributed by atoms with Crippen LogP contribution in [0, 0.1) is 5.92 Å². The molecule has 3 rings (SSSR count). The van der Waals surface area contributed by atoms with Crippen molar-refractivity contribution in [3.63, 3.8) is 0 Å². The van der Waals surface area contributed by atoms with E-state index < -0.39 is 5.97 Å². The van der Waals surface area contributed by atoms with Gasteiger partial charge in [-0.2, -0.15) is 0 Å². The maximum Gasteiger partial charge on any atom is 0.307 e. The SMILES string of the molecule is O=C(O)C1CC1c1csc(-c2cc[nH]c2)n1. The maximum atomic E-state index is 10.8. The Hall–Kier alpha value is -1.62. The number of nitrogens with zero attached hydrogens (tertiary/aromatic N) is 1. The van der Waals surface area contributed by atoms with Crippen LogP contribution in [-0.2, 0) is 4.79 Å². The average molecular weight is 234 g/mol. The number of aromatic amines is 1. The first-order valence-corrected chi connectivity index (χ1v) is 5.95. The smallest absolute Gasteiger partial charge is 0.307 e. The van der Waals surface area contributed by atoms with Gasteiger partial charge in [0, 0.05) is 29.3 Å². The molecule has 1 aliphatic carbocycles. The van der Waals surface area contributed by atoms with Gasteiger partial charge in [-0.15, -0.1) is 11.3 Å². The van der Waals surface area contributed by atoms with Gasteiger partial charge in [0.25, 0.3) is 0 Å². The zero-order chi connectivity index (χ0) is 11.1. The Morgan fingerprint density at radius 2 is 2.50 bits per heavy atom.